The molecule has 0 aliphatic heterocycles. The van der Waals surface area contributed by atoms with Crippen LogP contribution in [0, 0.1) is 0 Å². The highest BCUT2D eigenvalue weighted by Gasteiger charge is 2.02. The topological polar surface area (TPSA) is 92.1 Å². The van der Waals surface area contributed by atoms with Crippen LogP contribution in [-0.4, -0.2) is 15.9 Å². The summed E-state index contributed by atoms with van der Waals surface area (Å²) in [6.45, 7) is 2.02. The summed E-state index contributed by atoms with van der Waals surface area (Å²) in [6.07, 6.45) is 3.31. The van der Waals surface area contributed by atoms with E-state index in [1.807, 2.05) is 36.4 Å². The van der Waals surface area contributed by atoms with Crippen molar-refractivity contribution in [3.05, 3.63) is 60.7 Å². The molecule has 0 aliphatic rings. The Labute approximate surface area is 139 Å². The Morgan fingerprint density at radius 1 is 1.12 bits per heavy atom. The molecule has 3 N–H and O–H groups in total. The van der Waals surface area contributed by atoms with Gasteiger partial charge in [0.2, 0.25) is 11.9 Å². The van der Waals surface area contributed by atoms with Gasteiger partial charge >= 0.3 is 0 Å². The molecule has 0 bridgehead atoms. The fourth-order valence-corrected chi connectivity index (χ4v) is 2.08. The normalized spacial score (nSPS) is 10.2. The second-order valence-electron chi connectivity index (χ2n) is 5.08. The van der Waals surface area contributed by atoms with Gasteiger partial charge in [-0.2, -0.15) is 4.98 Å². The van der Waals surface area contributed by atoms with Gasteiger partial charge in [-0.15, -0.1) is 0 Å². The lowest BCUT2D eigenvalue weighted by atomic mass is 10.3. The third-order valence-corrected chi connectivity index (χ3v) is 3.14. The average molecular weight is 323 g/mol. The number of carbonyl (C=O) groups excluding carboxylic acids is 1. The van der Waals surface area contributed by atoms with Crippen LogP contribution in [-0.2, 0) is 11.3 Å². The van der Waals surface area contributed by atoms with Crippen LogP contribution in [0.4, 0.5) is 23.1 Å². The molecule has 0 atom stereocenters. The molecule has 0 aliphatic carbocycles. The molecule has 0 fully saturated rings. The zero-order chi connectivity index (χ0) is 16.8. The first-order valence-corrected chi connectivity index (χ1v) is 7.43. The molecule has 0 unspecified atom stereocenters. The Balaban J connectivity index is 1.62. The summed E-state index contributed by atoms with van der Waals surface area (Å²) < 4.78 is 5.27. The van der Waals surface area contributed by atoms with Gasteiger partial charge in [-0.05, 0) is 42.5 Å². The number of amides is 1. The molecule has 1 aromatic carbocycles. The number of nitrogens with one attached hydrogen (secondary N) is 3. The standard InChI is InChI=1S/C17H17N5O2/c1-12(23)20-13-4-6-14(7-5-13)21-17-18-9-8-16(22-17)19-11-15-3-2-10-24-15/h2-10H,11H2,1H3,(H,20,23)(H2,18,19,21,22). The number of anilines is 4. The van der Waals surface area contributed by atoms with Crippen molar-refractivity contribution in [3.63, 3.8) is 0 Å². The molecule has 3 rings (SSSR count). The Hall–Kier alpha value is -3.35. The maximum Gasteiger partial charge on any atom is 0.229 e. The number of aromatic nitrogens is 2. The second-order valence-corrected chi connectivity index (χ2v) is 5.08. The smallest absolute Gasteiger partial charge is 0.229 e. The molecule has 1 amide bonds. The zero-order valence-corrected chi connectivity index (χ0v) is 13.1. The van der Waals surface area contributed by atoms with E-state index in [0.29, 0.717) is 18.3 Å². The van der Waals surface area contributed by atoms with Crippen molar-refractivity contribution in [1.82, 2.24) is 9.97 Å². The molecule has 24 heavy (non-hydrogen) atoms. The van der Waals surface area contributed by atoms with Gasteiger partial charge in [-0.25, -0.2) is 4.98 Å². The molecule has 7 heteroatoms. The predicted octanol–water partition coefficient (Wildman–Crippen LogP) is 3.38. The van der Waals surface area contributed by atoms with Crippen molar-refractivity contribution < 1.29 is 9.21 Å². The summed E-state index contributed by atoms with van der Waals surface area (Å²) in [5, 5.41) is 9.01. The lowest BCUT2D eigenvalue weighted by Gasteiger charge is -2.08. The van der Waals surface area contributed by atoms with Crippen molar-refractivity contribution >= 4 is 29.0 Å². The molecule has 0 spiro atoms. The molecule has 0 saturated carbocycles. The maximum absolute atomic E-state index is 11.0. The van der Waals surface area contributed by atoms with E-state index in [1.165, 1.54) is 6.92 Å². The summed E-state index contributed by atoms with van der Waals surface area (Å²) in [6, 6.07) is 12.8. The molecule has 0 saturated heterocycles. The largest absolute Gasteiger partial charge is 0.467 e. The first-order chi connectivity index (χ1) is 11.7. The Morgan fingerprint density at radius 2 is 1.92 bits per heavy atom. The van der Waals surface area contributed by atoms with Crippen molar-refractivity contribution in [2.75, 3.05) is 16.0 Å². The zero-order valence-electron chi connectivity index (χ0n) is 13.1. The van der Waals surface area contributed by atoms with Gasteiger partial charge in [-0.1, -0.05) is 0 Å². The van der Waals surface area contributed by atoms with Crippen LogP contribution >= 0.6 is 0 Å². The van der Waals surface area contributed by atoms with Crippen LogP contribution in [0.25, 0.3) is 0 Å². The Morgan fingerprint density at radius 3 is 2.62 bits per heavy atom. The highest BCUT2D eigenvalue weighted by Crippen LogP contribution is 2.17. The van der Waals surface area contributed by atoms with Gasteiger partial charge in [-0.3, -0.25) is 4.79 Å². The van der Waals surface area contributed by atoms with Crippen LogP contribution < -0.4 is 16.0 Å². The highest BCUT2D eigenvalue weighted by molar-refractivity contribution is 5.88. The number of rotatable bonds is 6. The number of hydrogen-bond donors (Lipinski definition) is 3. The van der Waals surface area contributed by atoms with E-state index >= 15 is 0 Å². The molecule has 0 radical (unpaired) electrons. The summed E-state index contributed by atoms with van der Waals surface area (Å²) in [4.78, 5) is 19.6. The monoisotopic (exact) mass is 323 g/mol. The Bertz CT molecular complexity index is 800. The van der Waals surface area contributed by atoms with Crippen LogP contribution in [0.15, 0.2) is 59.3 Å². The van der Waals surface area contributed by atoms with Crippen LogP contribution in [0.1, 0.15) is 12.7 Å². The molecule has 122 valence electrons. The van der Waals surface area contributed by atoms with Crippen LogP contribution in [0.5, 0.6) is 0 Å². The quantitative estimate of drug-likeness (QED) is 0.644. The number of carbonyl (C=O) groups is 1. The van der Waals surface area contributed by atoms with Crippen LogP contribution in [0.2, 0.25) is 0 Å². The summed E-state index contributed by atoms with van der Waals surface area (Å²) in [5.41, 5.74) is 1.56. The van der Waals surface area contributed by atoms with E-state index in [2.05, 4.69) is 25.9 Å². The summed E-state index contributed by atoms with van der Waals surface area (Å²) >= 11 is 0. The lowest BCUT2D eigenvalue weighted by molar-refractivity contribution is -0.114. The van der Waals surface area contributed by atoms with Gasteiger partial charge in [0.05, 0.1) is 12.8 Å². The minimum Gasteiger partial charge on any atom is -0.467 e. The van der Waals surface area contributed by atoms with Crippen molar-refractivity contribution in [2.24, 2.45) is 0 Å². The summed E-state index contributed by atoms with van der Waals surface area (Å²) in [5.74, 6) is 1.90. The minimum absolute atomic E-state index is 0.102. The molecule has 2 heterocycles. The van der Waals surface area contributed by atoms with Gasteiger partial charge < -0.3 is 20.4 Å². The third kappa shape index (κ3) is 4.33. The third-order valence-electron chi connectivity index (χ3n) is 3.14. The maximum atomic E-state index is 11.0. The first-order valence-electron chi connectivity index (χ1n) is 7.43. The van der Waals surface area contributed by atoms with Crippen molar-refractivity contribution in [2.45, 2.75) is 13.5 Å². The van der Waals surface area contributed by atoms with E-state index in [0.717, 1.165) is 17.1 Å². The van der Waals surface area contributed by atoms with Gasteiger partial charge in [0.15, 0.2) is 0 Å². The van der Waals surface area contributed by atoms with E-state index in [9.17, 15) is 4.79 Å². The SMILES string of the molecule is CC(=O)Nc1ccc(Nc2nccc(NCc3ccco3)n2)cc1. The van der Waals surface area contributed by atoms with Gasteiger partial charge in [0.1, 0.15) is 11.6 Å². The second kappa shape index (κ2) is 7.28. The average Bonchev–Trinajstić information content (AvgIpc) is 3.08. The number of benzene rings is 1. The van der Waals surface area contributed by atoms with Gasteiger partial charge in [0.25, 0.3) is 0 Å². The molecular formula is C17H17N5O2. The highest BCUT2D eigenvalue weighted by atomic mass is 16.3. The van der Waals surface area contributed by atoms with Crippen molar-refractivity contribution in [1.29, 1.82) is 0 Å². The van der Waals surface area contributed by atoms with Crippen molar-refractivity contribution in [3.8, 4) is 0 Å². The predicted molar refractivity (Wildman–Crippen MR) is 92.1 cm³/mol. The summed E-state index contributed by atoms with van der Waals surface area (Å²) in [7, 11) is 0. The Kier molecular flexibility index (Phi) is 4.71. The first kappa shape index (κ1) is 15.5. The van der Waals surface area contributed by atoms with E-state index in [4.69, 9.17) is 4.42 Å². The van der Waals surface area contributed by atoms with E-state index in [-0.39, 0.29) is 5.91 Å². The number of hydrogen-bond acceptors (Lipinski definition) is 6. The molecule has 2 aromatic heterocycles. The molecule has 3 aromatic rings. The fraction of sp³-hybridized carbons (Fsp3) is 0.118. The number of furan rings is 1. The van der Waals surface area contributed by atoms with E-state index in [1.54, 1.807) is 18.5 Å². The fourth-order valence-electron chi connectivity index (χ4n) is 2.08. The lowest BCUT2D eigenvalue weighted by Crippen LogP contribution is -2.06. The van der Waals surface area contributed by atoms with Gasteiger partial charge in [0, 0.05) is 24.5 Å². The van der Waals surface area contributed by atoms with E-state index < -0.39 is 0 Å². The molecular weight excluding hydrogens is 306 g/mol. The number of nitrogens with zero attached hydrogens (tertiary/aromatic N) is 2. The van der Waals surface area contributed by atoms with Crippen LogP contribution in [0.3, 0.4) is 0 Å². The molecule has 7 nitrogen and oxygen atoms in total. The minimum atomic E-state index is -0.102.